The lowest BCUT2D eigenvalue weighted by Gasteiger charge is -2.49. The molecule has 1 saturated heterocycles. The third-order valence-corrected chi connectivity index (χ3v) is 4.07. The number of aromatic nitrogens is 2. The lowest BCUT2D eigenvalue weighted by molar-refractivity contribution is 0.289. The van der Waals surface area contributed by atoms with E-state index in [1.54, 1.807) is 6.33 Å². The van der Waals surface area contributed by atoms with Crippen LogP contribution >= 0.6 is 22.6 Å². The van der Waals surface area contributed by atoms with Gasteiger partial charge in [-0.15, -0.1) is 0 Å². The first-order valence-electron chi connectivity index (χ1n) is 5.18. The van der Waals surface area contributed by atoms with Crippen LogP contribution in [-0.4, -0.2) is 28.6 Å². The highest BCUT2D eigenvalue weighted by Crippen LogP contribution is 2.44. The molecular weight excluding hydrogens is 303 g/mol. The molecule has 0 atom stereocenters. The van der Waals surface area contributed by atoms with Crippen molar-refractivity contribution in [1.29, 1.82) is 0 Å². The number of nitrogens with two attached hydrogens (primary N) is 1. The fraction of sp³-hybridized carbons (Fsp3) is 0.600. The van der Waals surface area contributed by atoms with Crippen molar-refractivity contribution < 1.29 is 0 Å². The molecule has 0 bridgehead atoms. The Morgan fingerprint density at radius 1 is 1.47 bits per heavy atom. The number of nitrogens with zero attached hydrogens (tertiary/aromatic N) is 3. The van der Waals surface area contributed by atoms with E-state index in [0.717, 1.165) is 28.4 Å². The molecule has 15 heavy (non-hydrogen) atoms. The molecule has 0 amide bonds. The second-order valence-electron chi connectivity index (χ2n) is 4.56. The quantitative estimate of drug-likeness (QED) is 0.828. The number of anilines is 1. The Labute approximate surface area is 102 Å². The predicted octanol–water partition coefficient (Wildman–Crippen LogP) is 1.01. The van der Waals surface area contributed by atoms with Crippen LogP contribution in [0.4, 0.5) is 5.82 Å². The molecule has 5 heteroatoms. The van der Waals surface area contributed by atoms with Gasteiger partial charge in [0.1, 0.15) is 12.1 Å². The average Bonchev–Trinajstić information content (AvgIpc) is 2.97. The molecule has 1 aliphatic heterocycles. The Kier molecular flexibility index (Phi) is 2.14. The molecule has 1 aromatic rings. The lowest BCUT2D eigenvalue weighted by atomic mass is 9.86. The van der Waals surface area contributed by atoms with Crippen LogP contribution < -0.4 is 10.6 Å². The zero-order valence-electron chi connectivity index (χ0n) is 8.36. The summed E-state index contributed by atoms with van der Waals surface area (Å²) >= 11 is 2.27. The van der Waals surface area contributed by atoms with Crippen LogP contribution in [0.1, 0.15) is 12.8 Å². The minimum Gasteiger partial charge on any atom is -0.352 e. The maximum atomic E-state index is 6.30. The fourth-order valence-electron chi connectivity index (χ4n) is 2.27. The largest absolute Gasteiger partial charge is 0.352 e. The van der Waals surface area contributed by atoms with E-state index >= 15 is 0 Å². The predicted molar refractivity (Wildman–Crippen MR) is 66.6 cm³/mol. The summed E-state index contributed by atoms with van der Waals surface area (Å²) in [7, 11) is 0. The van der Waals surface area contributed by atoms with Crippen molar-refractivity contribution >= 4 is 28.4 Å². The van der Waals surface area contributed by atoms with Crippen molar-refractivity contribution in [1.82, 2.24) is 9.97 Å². The smallest absolute Gasteiger partial charge is 0.145 e. The second kappa shape index (κ2) is 3.28. The van der Waals surface area contributed by atoms with Gasteiger partial charge in [-0.25, -0.2) is 9.97 Å². The van der Waals surface area contributed by atoms with Gasteiger partial charge in [0.15, 0.2) is 0 Å². The van der Waals surface area contributed by atoms with Gasteiger partial charge in [-0.05, 0) is 41.4 Å². The average molecular weight is 316 g/mol. The summed E-state index contributed by atoms with van der Waals surface area (Å²) in [4.78, 5) is 10.5. The Morgan fingerprint density at radius 2 is 2.20 bits per heavy atom. The van der Waals surface area contributed by atoms with E-state index in [9.17, 15) is 0 Å². The SMILES string of the molecule is NC1(C2CC2)CN(c2ncncc2I)C1. The summed E-state index contributed by atoms with van der Waals surface area (Å²) in [6, 6.07) is 0. The van der Waals surface area contributed by atoms with Gasteiger partial charge in [0.05, 0.1) is 9.11 Å². The standard InChI is InChI=1S/C10H13IN4/c11-8-3-13-6-14-9(8)15-4-10(12,5-15)7-1-2-7/h3,6-7H,1-2,4-5,12H2. The number of halogens is 1. The molecule has 4 nitrogen and oxygen atoms in total. The minimum absolute atomic E-state index is 0.0635. The summed E-state index contributed by atoms with van der Waals surface area (Å²) in [6.07, 6.45) is 6.07. The summed E-state index contributed by atoms with van der Waals surface area (Å²) < 4.78 is 1.10. The third kappa shape index (κ3) is 1.61. The number of rotatable bonds is 2. The van der Waals surface area contributed by atoms with Crippen molar-refractivity contribution in [2.75, 3.05) is 18.0 Å². The van der Waals surface area contributed by atoms with Gasteiger partial charge in [-0.1, -0.05) is 0 Å². The van der Waals surface area contributed by atoms with Gasteiger partial charge >= 0.3 is 0 Å². The molecule has 1 aromatic heterocycles. The van der Waals surface area contributed by atoms with Gasteiger partial charge < -0.3 is 10.6 Å². The Balaban J connectivity index is 1.74. The Morgan fingerprint density at radius 3 is 2.80 bits per heavy atom. The molecular formula is C10H13IN4. The van der Waals surface area contributed by atoms with Crippen LogP contribution in [0.3, 0.4) is 0 Å². The molecule has 2 aliphatic rings. The maximum Gasteiger partial charge on any atom is 0.145 e. The molecule has 1 saturated carbocycles. The van der Waals surface area contributed by atoms with E-state index in [1.807, 2.05) is 6.20 Å². The molecule has 2 fully saturated rings. The highest BCUT2D eigenvalue weighted by molar-refractivity contribution is 14.1. The van der Waals surface area contributed by atoms with Crippen LogP contribution in [0.5, 0.6) is 0 Å². The van der Waals surface area contributed by atoms with Gasteiger partial charge in [-0.2, -0.15) is 0 Å². The van der Waals surface area contributed by atoms with Crippen molar-refractivity contribution in [3.63, 3.8) is 0 Å². The first-order chi connectivity index (χ1) is 7.19. The Bertz CT molecular complexity index is 385. The van der Waals surface area contributed by atoms with Crippen LogP contribution in [0.25, 0.3) is 0 Å². The van der Waals surface area contributed by atoms with Crippen LogP contribution in [0, 0.1) is 9.49 Å². The Hall–Kier alpha value is -0.430. The summed E-state index contributed by atoms with van der Waals surface area (Å²) in [5, 5.41) is 0. The summed E-state index contributed by atoms with van der Waals surface area (Å²) in [5.41, 5.74) is 6.36. The maximum absolute atomic E-state index is 6.30. The molecule has 3 rings (SSSR count). The van der Waals surface area contributed by atoms with E-state index in [-0.39, 0.29) is 5.54 Å². The van der Waals surface area contributed by atoms with Gasteiger partial charge in [0.25, 0.3) is 0 Å². The van der Waals surface area contributed by atoms with Gasteiger partial charge in [0.2, 0.25) is 0 Å². The van der Waals surface area contributed by atoms with E-state index < -0.39 is 0 Å². The first kappa shape index (κ1) is 9.77. The van der Waals surface area contributed by atoms with Crippen LogP contribution in [-0.2, 0) is 0 Å². The van der Waals surface area contributed by atoms with Crippen molar-refractivity contribution in [3.05, 3.63) is 16.1 Å². The van der Waals surface area contributed by atoms with Crippen molar-refractivity contribution in [3.8, 4) is 0 Å². The van der Waals surface area contributed by atoms with Crippen LogP contribution in [0.2, 0.25) is 0 Å². The van der Waals surface area contributed by atoms with Gasteiger partial charge in [0, 0.05) is 19.3 Å². The highest BCUT2D eigenvalue weighted by Gasteiger charge is 2.50. The number of hydrogen-bond acceptors (Lipinski definition) is 4. The second-order valence-corrected chi connectivity index (χ2v) is 5.72. The van der Waals surface area contributed by atoms with Crippen molar-refractivity contribution in [2.45, 2.75) is 18.4 Å². The number of hydrogen-bond donors (Lipinski definition) is 1. The molecule has 80 valence electrons. The van der Waals surface area contributed by atoms with Gasteiger partial charge in [-0.3, -0.25) is 0 Å². The lowest BCUT2D eigenvalue weighted by Crippen LogP contribution is -2.69. The van der Waals surface area contributed by atoms with E-state index in [0.29, 0.717) is 0 Å². The molecule has 0 spiro atoms. The first-order valence-corrected chi connectivity index (χ1v) is 6.26. The topological polar surface area (TPSA) is 55.0 Å². The van der Waals surface area contributed by atoms with E-state index in [2.05, 4.69) is 37.5 Å². The summed E-state index contributed by atoms with van der Waals surface area (Å²) in [6.45, 7) is 1.90. The molecule has 0 radical (unpaired) electrons. The molecule has 0 unspecified atom stereocenters. The van der Waals surface area contributed by atoms with Crippen molar-refractivity contribution in [2.24, 2.45) is 11.7 Å². The zero-order chi connectivity index (χ0) is 10.5. The fourth-order valence-corrected chi connectivity index (χ4v) is 2.91. The van der Waals surface area contributed by atoms with Crippen LogP contribution in [0.15, 0.2) is 12.5 Å². The monoisotopic (exact) mass is 316 g/mol. The summed E-state index contributed by atoms with van der Waals surface area (Å²) in [5.74, 6) is 1.79. The molecule has 1 aliphatic carbocycles. The molecule has 2 heterocycles. The zero-order valence-corrected chi connectivity index (χ0v) is 10.5. The molecule has 0 aromatic carbocycles. The normalized spacial score (nSPS) is 23.7. The minimum atomic E-state index is 0.0635. The highest BCUT2D eigenvalue weighted by atomic mass is 127. The third-order valence-electron chi connectivity index (χ3n) is 3.31. The van der Waals surface area contributed by atoms with E-state index in [1.165, 1.54) is 12.8 Å². The van der Waals surface area contributed by atoms with E-state index in [4.69, 9.17) is 5.73 Å². The molecule has 2 N–H and O–H groups in total.